The number of carbonyl (C=O) groups excluding carboxylic acids is 1. The summed E-state index contributed by atoms with van der Waals surface area (Å²) >= 11 is 0. The summed E-state index contributed by atoms with van der Waals surface area (Å²) in [4.78, 5) is 19.8. The molecule has 152 valence electrons. The standard InChI is InChI=1S/C18H27N5O2.2ClH/c24-17(23-25)7-6-15-11-21-16(12-20-15)22-18(8-3-9-19-13-18)10-14-4-1-2-5-14;;/h6-7,11-12,14,19,25H,1-5,8-10,13H2,(H,21,22)(H,23,24);2*1H/b7-6+;;/t18-;;/m1../s1. The summed E-state index contributed by atoms with van der Waals surface area (Å²) in [5.74, 6) is 0.984. The number of nitrogens with one attached hydrogen (secondary N) is 3. The number of nitrogens with zero attached hydrogens (tertiary/aromatic N) is 2. The Morgan fingerprint density at radius 2 is 2.04 bits per heavy atom. The number of rotatable bonds is 6. The second-order valence-corrected chi connectivity index (χ2v) is 7.18. The summed E-state index contributed by atoms with van der Waals surface area (Å²) in [6.07, 6.45) is 15.0. The molecule has 2 aliphatic rings. The lowest BCUT2D eigenvalue weighted by Crippen LogP contribution is -2.52. The van der Waals surface area contributed by atoms with E-state index in [0.29, 0.717) is 5.69 Å². The summed E-state index contributed by atoms with van der Waals surface area (Å²) in [7, 11) is 0. The number of amides is 1. The first-order valence-corrected chi connectivity index (χ1v) is 9.12. The maximum atomic E-state index is 11.0. The number of hydroxylamine groups is 1. The molecule has 1 aromatic heterocycles. The molecule has 7 nitrogen and oxygen atoms in total. The number of hydrogen-bond donors (Lipinski definition) is 4. The van der Waals surface area contributed by atoms with Crippen LogP contribution in [0, 0.1) is 5.92 Å². The lowest BCUT2D eigenvalue weighted by molar-refractivity contribution is -0.124. The van der Waals surface area contributed by atoms with Gasteiger partial charge in [0.2, 0.25) is 0 Å². The molecular formula is C18H29Cl2N5O2. The first-order chi connectivity index (χ1) is 12.2. The average molecular weight is 418 g/mol. The van der Waals surface area contributed by atoms with Gasteiger partial charge in [0.1, 0.15) is 5.82 Å². The third-order valence-electron chi connectivity index (χ3n) is 5.21. The van der Waals surface area contributed by atoms with Crippen LogP contribution in [0.3, 0.4) is 0 Å². The van der Waals surface area contributed by atoms with E-state index in [9.17, 15) is 4.79 Å². The molecule has 0 radical (unpaired) electrons. The van der Waals surface area contributed by atoms with Crippen LogP contribution in [0.1, 0.15) is 50.6 Å². The first-order valence-electron chi connectivity index (χ1n) is 9.12. The molecule has 1 aromatic rings. The minimum absolute atomic E-state index is 0. The van der Waals surface area contributed by atoms with Gasteiger partial charge in [-0.05, 0) is 37.8 Å². The van der Waals surface area contributed by atoms with Crippen LogP contribution in [0.5, 0.6) is 0 Å². The Hall–Kier alpha value is -1.41. The largest absolute Gasteiger partial charge is 0.362 e. The average Bonchev–Trinajstić information content (AvgIpc) is 3.14. The van der Waals surface area contributed by atoms with E-state index in [4.69, 9.17) is 5.21 Å². The van der Waals surface area contributed by atoms with Crippen LogP contribution in [0.25, 0.3) is 6.08 Å². The Kier molecular flexibility index (Phi) is 10.0. The van der Waals surface area contributed by atoms with E-state index in [1.165, 1.54) is 50.7 Å². The Balaban J connectivity index is 0.00000182. The molecule has 1 aliphatic carbocycles. The SMILES string of the molecule is Cl.Cl.O=C(/C=C/c1cnc(N[C@@]2(CC3CCCC3)CCCNC2)cn1)NO. The van der Waals surface area contributed by atoms with Crippen LogP contribution in [-0.2, 0) is 4.79 Å². The molecule has 1 atom stereocenters. The fraction of sp³-hybridized carbons (Fsp3) is 0.611. The predicted molar refractivity (Wildman–Crippen MR) is 111 cm³/mol. The molecule has 1 saturated carbocycles. The number of hydrogen-bond acceptors (Lipinski definition) is 6. The number of halogens is 2. The molecule has 0 unspecified atom stereocenters. The van der Waals surface area contributed by atoms with Gasteiger partial charge in [-0.3, -0.25) is 15.0 Å². The van der Waals surface area contributed by atoms with Crippen molar-refractivity contribution in [1.29, 1.82) is 0 Å². The highest BCUT2D eigenvalue weighted by atomic mass is 35.5. The molecule has 2 fully saturated rings. The monoisotopic (exact) mass is 417 g/mol. The lowest BCUT2D eigenvalue weighted by atomic mass is 9.81. The normalized spacial score (nSPS) is 22.7. The van der Waals surface area contributed by atoms with Crippen LogP contribution < -0.4 is 16.1 Å². The summed E-state index contributed by atoms with van der Waals surface area (Å²) in [5.41, 5.74) is 2.17. The van der Waals surface area contributed by atoms with Crippen molar-refractivity contribution in [3.05, 3.63) is 24.2 Å². The van der Waals surface area contributed by atoms with Gasteiger partial charge in [0.05, 0.1) is 23.6 Å². The van der Waals surface area contributed by atoms with Crippen molar-refractivity contribution in [3.8, 4) is 0 Å². The number of anilines is 1. The second-order valence-electron chi connectivity index (χ2n) is 7.18. The van der Waals surface area contributed by atoms with Gasteiger partial charge < -0.3 is 10.6 Å². The molecule has 0 bridgehead atoms. The third-order valence-corrected chi connectivity index (χ3v) is 5.21. The summed E-state index contributed by atoms with van der Waals surface area (Å²) in [5, 5.41) is 15.7. The molecule has 0 spiro atoms. The maximum Gasteiger partial charge on any atom is 0.267 e. The zero-order valence-corrected chi connectivity index (χ0v) is 17.0. The molecular weight excluding hydrogens is 389 g/mol. The van der Waals surface area contributed by atoms with Gasteiger partial charge in [-0.15, -0.1) is 24.8 Å². The molecule has 4 N–H and O–H groups in total. The molecule has 2 heterocycles. The highest BCUT2D eigenvalue weighted by molar-refractivity contribution is 5.90. The van der Waals surface area contributed by atoms with Crippen LogP contribution in [0.15, 0.2) is 18.5 Å². The second kappa shape index (κ2) is 11.4. The molecule has 1 amide bonds. The highest BCUT2D eigenvalue weighted by Gasteiger charge is 2.35. The van der Waals surface area contributed by atoms with Crippen molar-refractivity contribution < 1.29 is 10.0 Å². The zero-order valence-electron chi connectivity index (χ0n) is 15.3. The van der Waals surface area contributed by atoms with Crippen molar-refractivity contribution in [2.45, 2.75) is 50.5 Å². The van der Waals surface area contributed by atoms with E-state index in [-0.39, 0.29) is 30.4 Å². The molecule has 3 rings (SSSR count). The van der Waals surface area contributed by atoms with Crippen molar-refractivity contribution in [2.24, 2.45) is 5.92 Å². The summed E-state index contributed by atoms with van der Waals surface area (Å²) in [6, 6.07) is 0. The number of piperidine rings is 1. The lowest BCUT2D eigenvalue weighted by Gasteiger charge is -2.40. The van der Waals surface area contributed by atoms with E-state index in [0.717, 1.165) is 31.2 Å². The van der Waals surface area contributed by atoms with Crippen molar-refractivity contribution in [3.63, 3.8) is 0 Å². The van der Waals surface area contributed by atoms with Crippen molar-refractivity contribution in [1.82, 2.24) is 20.8 Å². The van der Waals surface area contributed by atoms with Gasteiger partial charge >= 0.3 is 0 Å². The van der Waals surface area contributed by atoms with Gasteiger partial charge in [0, 0.05) is 12.6 Å². The van der Waals surface area contributed by atoms with Gasteiger partial charge in [-0.2, -0.15) is 0 Å². The van der Waals surface area contributed by atoms with Crippen LogP contribution in [0.2, 0.25) is 0 Å². The Labute approximate surface area is 172 Å². The van der Waals surface area contributed by atoms with E-state index >= 15 is 0 Å². The van der Waals surface area contributed by atoms with E-state index in [1.807, 2.05) is 0 Å². The summed E-state index contributed by atoms with van der Waals surface area (Å²) in [6.45, 7) is 2.04. The van der Waals surface area contributed by atoms with Crippen LogP contribution >= 0.6 is 24.8 Å². The Bertz CT molecular complexity index is 600. The topological polar surface area (TPSA) is 99.2 Å². The predicted octanol–water partition coefficient (Wildman–Crippen LogP) is 2.95. The van der Waals surface area contributed by atoms with E-state index in [1.54, 1.807) is 17.9 Å². The first kappa shape index (κ1) is 23.6. The molecule has 0 aromatic carbocycles. The van der Waals surface area contributed by atoms with Crippen LogP contribution in [0.4, 0.5) is 5.82 Å². The van der Waals surface area contributed by atoms with Crippen molar-refractivity contribution >= 4 is 42.6 Å². The third kappa shape index (κ3) is 6.92. The maximum absolute atomic E-state index is 11.0. The van der Waals surface area contributed by atoms with E-state index < -0.39 is 5.91 Å². The molecule has 1 aliphatic heterocycles. The zero-order chi connectivity index (χ0) is 17.5. The minimum atomic E-state index is -0.590. The fourth-order valence-electron chi connectivity index (χ4n) is 4.03. The summed E-state index contributed by atoms with van der Waals surface area (Å²) < 4.78 is 0. The smallest absolute Gasteiger partial charge is 0.267 e. The minimum Gasteiger partial charge on any atom is -0.362 e. The Morgan fingerprint density at radius 1 is 1.26 bits per heavy atom. The van der Waals surface area contributed by atoms with Crippen molar-refractivity contribution in [2.75, 3.05) is 18.4 Å². The quantitative estimate of drug-likeness (QED) is 0.322. The number of aromatic nitrogens is 2. The molecule has 1 saturated heterocycles. The molecule has 9 heteroatoms. The molecule has 27 heavy (non-hydrogen) atoms. The van der Waals surface area contributed by atoms with E-state index in [2.05, 4.69) is 20.6 Å². The fourth-order valence-corrected chi connectivity index (χ4v) is 4.03. The highest BCUT2D eigenvalue weighted by Crippen LogP contribution is 2.36. The van der Waals surface area contributed by atoms with Gasteiger partial charge in [-0.25, -0.2) is 10.5 Å². The number of carbonyl (C=O) groups is 1. The Morgan fingerprint density at radius 3 is 2.63 bits per heavy atom. The van der Waals surface area contributed by atoms with Gasteiger partial charge in [-0.1, -0.05) is 25.7 Å². The van der Waals surface area contributed by atoms with Gasteiger partial charge in [0.25, 0.3) is 5.91 Å². The van der Waals surface area contributed by atoms with Crippen LogP contribution in [-0.4, -0.2) is 39.7 Å². The van der Waals surface area contributed by atoms with Gasteiger partial charge in [0.15, 0.2) is 0 Å².